The first-order valence-electron chi connectivity index (χ1n) is 9.80. The van der Waals surface area contributed by atoms with Gasteiger partial charge in [-0.15, -0.1) is 0 Å². The van der Waals surface area contributed by atoms with E-state index < -0.39 is 27.5 Å². The van der Waals surface area contributed by atoms with E-state index in [2.05, 4.69) is 30.0 Å². The molecule has 0 bridgehead atoms. The second kappa shape index (κ2) is 11.4. The van der Waals surface area contributed by atoms with Gasteiger partial charge in [-0.3, -0.25) is 4.72 Å². The third-order valence-electron chi connectivity index (χ3n) is 4.29. The van der Waals surface area contributed by atoms with Crippen molar-refractivity contribution in [3.05, 3.63) is 58.9 Å². The van der Waals surface area contributed by atoms with Crippen molar-refractivity contribution in [2.75, 3.05) is 39.7 Å². The summed E-state index contributed by atoms with van der Waals surface area (Å²) in [5, 5.41) is 9.82. The summed E-state index contributed by atoms with van der Waals surface area (Å²) in [4.78, 5) is 3.67. The lowest BCUT2D eigenvalue weighted by Gasteiger charge is -2.15. The van der Waals surface area contributed by atoms with Gasteiger partial charge in [-0.2, -0.15) is 12.8 Å². The van der Waals surface area contributed by atoms with Crippen LogP contribution in [0.3, 0.4) is 0 Å². The van der Waals surface area contributed by atoms with Crippen LogP contribution >= 0.6 is 23.1 Å². The van der Waals surface area contributed by atoms with Gasteiger partial charge in [0.1, 0.15) is 18.0 Å². The first-order valence-corrected chi connectivity index (χ1v) is 12.4. The second-order valence-electron chi connectivity index (χ2n) is 6.70. The molecule has 0 aliphatic heterocycles. The smallest absolute Gasteiger partial charge is 0.323 e. The van der Waals surface area contributed by atoms with Crippen LogP contribution in [-0.2, 0) is 16.8 Å². The average molecular weight is 518 g/mol. The molecule has 0 saturated heterocycles. The van der Waals surface area contributed by atoms with Crippen molar-refractivity contribution in [3.63, 3.8) is 0 Å². The Morgan fingerprint density at radius 1 is 1.00 bits per heavy atom. The summed E-state index contributed by atoms with van der Waals surface area (Å²) >= 11 is 6.88. The number of hydrogen-bond acceptors (Lipinski definition) is 8. The molecule has 0 aliphatic carbocycles. The highest BCUT2D eigenvalue weighted by atomic mass is 35.5. The van der Waals surface area contributed by atoms with Gasteiger partial charge in [0.2, 0.25) is 5.13 Å². The standard InChI is InChI=1S/C19H22ClF2N7O2S2/c1-2-23-5-6-24-16-7-13(20)4-3-12(16)10-25-17-8-15(22)18(9-14(17)21)28-33(30,31)29-19-26-11-27-32-19/h3-4,7-9,11,23-25,28H,2,5-6,10H2,1H3,(H,26,27,29). The molecule has 5 N–H and O–H groups in total. The van der Waals surface area contributed by atoms with Crippen LogP contribution in [0, 0.1) is 11.6 Å². The average Bonchev–Trinajstić information content (AvgIpc) is 3.25. The number of nitrogens with zero attached hydrogens (tertiary/aromatic N) is 2. The number of anilines is 4. The van der Waals surface area contributed by atoms with Crippen molar-refractivity contribution < 1.29 is 17.2 Å². The topological polar surface area (TPSA) is 120 Å². The van der Waals surface area contributed by atoms with Gasteiger partial charge >= 0.3 is 10.2 Å². The Morgan fingerprint density at radius 3 is 2.48 bits per heavy atom. The van der Waals surface area contributed by atoms with Crippen molar-refractivity contribution in [3.8, 4) is 0 Å². The lowest BCUT2D eigenvalue weighted by molar-refractivity contribution is 0.598. The molecule has 0 atom stereocenters. The van der Waals surface area contributed by atoms with Gasteiger partial charge in [0.15, 0.2) is 0 Å². The molecule has 178 valence electrons. The first kappa shape index (κ1) is 24.9. The minimum absolute atomic E-state index is 0.0143. The van der Waals surface area contributed by atoms with Crippen LogP contribution in [0.25, 0.3) is 0 Å². The summed E-state index contributed by atoms with van der Waals surface area (Å²) < 4.78 is 61.0. The molecule has 1 heterocycles. The zero-order valence-electron chi connectivity index (χ0n) is 17.5. The fourth-order valence-corrected chi connectivity index (χ4v) is 4.50. The summed E-state index contributed by atoms with van der Waals surface area (Å²) in [5.74, 6) is -1.79. The molecule has 2 aromatic carbocycles. The summed E-state index contributed by atoms with van der Waals surface area (Å²) in [6.45, 7) is 4.44. The molecule has 3 aromatic rings. The van der Waals surface area contributed by atoms with Crippen molar-refractivity contribution in [2.45, 2.75) is 13.5 Å². The van der Waals surface area contributed by atoms with Crippen molar-refractivity contribution in [1.82, 2.24) is 14.7 Å². The Morgan fingerprint density at radius 2 is 1.76 bits per heavy atom. The maximum Gasteiger partial charge on any atom is 0.323 e. The van der Waals surface area contributed by atoms with E-state index in [4.69, 9.17) is 11.6 Å². The van der Waals surface area contributed by atoms with E-state index in [0.717, 1.165) is 54.3 Å². The highest BCUT2D eigenvalue weighted by Crippen LogP contribution is 2.27. The SMILES string of the molecule is CCNCCNc1cc(Cl)ccc1CNc1cc(F)c(NS(=O)(=O)Nc2ncns2)cc1F. The zero-order valence-corrected chi connectivity index (χ0v) is 19.8. The predicted molar refractivity (Wildman–Crippen MR) is 128 cm³/mol. The van der Waals surface area contributed by atoms with Gasteiger partial charge in [-0.25, -0.2) is 18.5 Å². The Balaban J connectivity index is 1.68. The van der Waals surface area contributed by atoms with Gasteiger partial charge < -0.3 is 16.0 Å². The van der Waals surface area contributed by atoms with Gasteiger partial charge in [-0.05, 0) is 24.2 Å². The summed E-state index contributed by atoms with van der Waals surface area (Å²) in [7, 11) is -4.23. The number of benzene rings is 2. The third-order valence-corrected chi connectivity index (χ3v) is 6.19. The van der Waals surface area contributed by atoms with E-state index in [-0.39, 0.29) is 17.4 Å². The van der Waals surface area contributed by atoms with Crippen molar-refractivity contribution in [1.29, 1.82) is 0 Å². The number of hydrogen-bond donors (Lipinski definition) is 5. The van der Waals surface area contributed by atoms with Crippen LogP contribution in [0.5, 0.6) is 0 Å². The molecule has 3 rings (SSSR count). The number of rotatable bonds is 12. The highest BCUT2D eigenvalue weighted by Gasteiger charge is 2.17. The quantitative estimate of drug-likeness (QED) is 0.231. The first-order chi connectivity index (χ1) is 15.8. The van der Waals surface area contributed by atoms with Crippen molar-refractivity contribution in [2.24, 2.45) is 0 Å². The molecular formula is C19H22ClF2N7O2S2. The summed E-state index contributed by atoms with van der Waals surface area (Å²) in [6.07, 6.45) is 1.16. The van der Waals surface area contributed by atoms with Crippen molar-refractivity contribution >= 4 is 55.5 Å². The Labute approximate surface area is 199 Å². The maximum absolute atomic E-state index is 14.6. The molecule has 1 aromatic heterocycles. The van der Waals surface area contributed by atoms with Crippen LogP contribution in [0.2, 0.25) is 5.02 Å². The molecule has 33 heavy (non-hydrogen) atoms. The second-order valence-corrected chi connectivity index (χ2v) is 9.33. The monoisotopic (exact) mass is 517 g/mol. The largest absolute Gasteiger partial charge is 0.383 e. The number of aromatic nitrogens is 2. The predicted octanol–water partition coefficient (Wildman–Crippen LogP) is 3.87. The third kappa shape index (κ3) is 7.39. The van der Waals surface area contributed by atoms with Gasteiger partial charge in [0.25, 0.3) is 0 Å². The molecule has 0 spiro atoms. The molecule has 0 fully saturated rings. The Kier molecular flexibility index (Phi) is 8.61. The number of likely N-dealkylation sites (N-methyl/N-ethyl adjacent to an activating group) is 1. The van der Waals surface area contributed by atoms with E-state index in [0.29, 0.717) is 11.6 Å². The van der Waals surface area contributed by atoms with Crippen LogP contribution in [0.15, 0.2) is 36.7 Å². The van der Waals surface area contributed by atoms with E-state index >= 15 is 0 Å². The maximum atomic E-state index is 14.6. The Hall–Kier alpha value is -2.74. The van der Waals surface area contributed by atoms with E-state index in [9.17, 15) is 17.2 Å². The molecule has 0 radical (unpaired) electrons. The lowest BCUT2D eigenvalue weighted by atomic mass is 10.1. The number of nitrogens with one attached hydrogen (secondary N) is 5. The molecular weight excluding hydrogens is 496 g/mol. The molecule has 14 heteroatoms. The fourth-order valence-electron chi connectivity index (χ4n) is 2.78. The van der Waals surface area contributed by atoms with E-state index in [1.807, 2.05) is 11.6 Å². The van der Waals surface area contributed by atoms with Crippen LogP contribution in [0.4, 0.5) is 31.0 Å². The van der Waals surface area contributed by atoms with Crippen LogP contribution in [-0.4, -0.2) is 37.4 Å². The van der Waals surface area contributed by atoms with E-state index in [1.165, 1.54) is 0 Å². The van der Waals surface area contributed by atoms with Crippen LogP contribution < -0.4 is 25.4 Å². The minimum atomic E-state index is -4.23. The molecule has 9 nitrogen and oxygen atoms in total. The molecule has 0 saturated carbocycles. The van der Waals surface area contributed by atoms with Crippen LogP contribution in [0.1, 0.15) is 12.5 Å². The molecule has 0 aliphatic rings. The molecule has 0 amide bonds. The van der Waals surface area contributed by atoms with Gasteiger partial charge in [0.05, 0.1) is 11.4 Å². The number of halogens is 3. The fraction of sp³-hybridized carbons (Fsp3) is 0.263. The minimum Gasteiger partial charge on any atom is -0.383 e. The highest BCUT2D eigenvalue weighted by molar-refractivity contribution is 7.94. The zero-order chi connectivity index (χ0) is 23.8. The lowest BCUT2D eigenvalue weighted by Crippen LogP contribution is -2.22. The summed E-state index contributed by atoms with van der Waals surface area (Å²) in [5.41, 5.74) is 0.885. The Bertz CT molecular complexity index is 1180. The summed E-state index contributed by atoms with van der Waals surface area (Å²) in [6, 6.07) is 6.87. The molecule has 0 unspecified atom stereocenters. The normalized spacial score (nSPS) is 11.3. The van der Waals surface area contributed by atoms with Gasteiger partial charge in [-0.1, -0.05) is 24.6 Å². The van der Waals surface area contributed by atoms with Gasteiger partial charge in [0, 0.05) is 54.0 Å². The van der Waals surface area contributed by atoms with E-state index in [1.54, 1.807) is 18.2 Å².